The number of aryl methyl sites for hydroxylation is 3. The van der Waals surface area contributed by atoms with Crippen LogP contribution >= 0.6 is 11.6 Å². The van der Waals surface area contributed by atoms with Crippen LogP contribution in [0.1, 0.15) is 22.3 Å². The lowest BCUT2D eigenvalue weighted by Gasteiger charge is -2.13. The first kappa shape index (κ1) is 21.3. The van der Waals surface area contributed by atoms with Crippen LogP contribution in [0, 0.1) is 26.6 Å². The molecule has 0 saturated heterocycles. The number of rotatable bonds is 6. The molecular formula is C25H26ClFN4. The Kier molecular flexibility index (Phi) is 5.99. The molecule has 0 unspecified atom stereocenters. The summed E-state index contributed by atoms with van der Waals surface area (Å²) in [4.78, 5) is 4.93. The second-order valence-corrected chi connectivity index (χ2v) is 8.35. The molecular weight excluding hydrogens is 411 g/mol. The number of hydrogen-bond donors (Lipinski definition) is 2. The first-order chi connectivity index (χ1) is 14.9. The van der Waals surface area contributed by atoms with Crippen LogP contribution in [-0.2, 0) is 6.54 Å². The van der Waals surface area contributed by atoms with Gasteiger partial charge in [0.25, 0.3) is 0 Å². The maximum absolute atomic E-state index is 14.2. The number of nitrogens with one attached hydrogen (secondary N) is 1. The van der Waals surface area contributed by atoms with E-state index in [1.807, 2.05) is 36.4 Å². The molecule has 0 bridgehead atoms. The average Bonchev–Trinajstić information content (AvgIpc) is 3.07. The van der Waals surface area contributed by atoms with Gasteiger partial charge in [-0.3, -0.25) is 0 Å². The highest BCUT2D eigenvalue weighted by atomic mass is 35.5. The fourth-order valence-electron chi connectivity index (χ4n) is 4.06. The Morgan fingerprint density at radius 3 is 2.39 bits per heavy atom. The fraction of sp³-hybridized carbons (Fsp3) is 0.240. The van der Waals surface area contributed by atoms with Gasteiger partial charge in [-0.1, -0.05) is 48.0 Å². The lowest BCUT2D eigenvalue weighted by atomic mass is 9.99. The first-order valence-electron chi connectivity index (χ1n) is 10.3. The van der Waals surface area contributed by atoms with Crippen molar-refractivity contribution in [2.24, 2.45) is 5.73 Å². The van der Waals surface area contributed by atoms with E-state index in [4.69, 9.17) is 22.3 Å². The van der Waals surface area contributed by atoms with E-state index in [9.17, 15) is 4.39 Å². The molecule has 6 heteroatoms. The highest BCUT2D eigenvalue weighted by Gasteiger charge is 2.18. The lowest BCUT2D eigenvalue weighted by Crippen LogP contribution is -2.16. The highest BCUT2D eigenvalue weighted by molar-refractivity contribution is 6.31. The number of fused-ring (bicyclic) bond motifs is 1. The zero-order chi connectivity index (χ0) is 22.1. The molecule has 3 N–H and O–H groups in total. The predicted molar refractivity (Wildman–Crippen MR) is 127 cm³/mol. The van der Waals surface area contributed by atoms with Crippen molar-refractivity contribution >= 4 is 28.6 Å². The Morgan fingerprint density at radius 1 is 1.00 bits per heavy atom. The van der Waals surface area contributed by atoms with Gasteiger partial charge in [-0.25, -0.2) is 9.37 Å². The summed E-state index contributed by atoms with van der Waals surface area (Å²) in [6.45, 7) is 7.29. The minimum atomic E-state index is -0.161. The number of benzene rings is 3. The molecule has 0 atom stereocenters. The van der Waals surface area contributed by atoms with E-state index in [2.05, 4.69) is 28.9 Å². The van der Waals surface area contributed by atoms with E-state index >= 15 is 0 Å². The van der Waals surface area contributed by atoms with Crippen LogP contribution in [-0.4, -0.2) is 22.6 Å². The Labute approximate surface area is 186 Å². The molecule has 0 aliphatic carbocycles. The number of anilines is 1. The topological polar surface area (TPSA) is 55.9 Å². The van der Waals surface area contributed by atoms with Gasteiger partial charge in [0.1, 0.15) is 5.82 Å². The molecule has 4 nitrogen and oxygen atoms in total. The summed E-state index contributed by atoms with van der Waals surface area (Å²) in [5, 5.41) is 3.98. The molecule has 1 aromatic heterocycles. The van der Waals surface area contributed by atoms with Gasteiger partial charge in [0, 0.05) is 23.7 Å². The first-order valence-corrected chi connectivity index (χ1v) is 10.7. The van der Waals surface area contributed by atoms with Gasteiger partial charge in [-0.05, 0) is 60.7 Å². The van der Waals surface area contributed by atoms with Crippen LogP contribution in [0.15, 0.2) is 48.5 Å². The zero-order valence-corrected chi connectivity index (χ0v) is 18.7. The standard InChI is InChI=1S/C25H26ClFN4/c1-15-6-4-5-7-20(15)21-12-19(26)13-22-24(21)30-25(29-9-8-28)31(22)14-18-10-16(2)23(27)17(3)11-18/h4-7,10-13H,8-9,14,28H2,1-3H3,(H,29,30). The number of hydrogen-bond acceptors (Lipinski definition) is 3. The van der Waals surface area contributed by atoms with Crippen molar-refractivity contribution in [1.82, 2.24) is 9.55 Å². The summed E-state index contributed by atoms with van der Waals surface area (Å²) < 4.78 is 16.2. The van der Waals surface area contributed by atoms with Crippen molar-refractivity contribution in [3.05, 3.63) is 81.6 Å². The summed E-state index contributed by atoms with van der Waals surface area (Å²) in [5.41, 5.74) is 13.0. The van der Waals surface area contributed by atoms with Gasteiger partial charge in [0.2, 0.25) is 5.95 Å². The van der Waals surface area contributed by atoms with Crippen molar-refractivity contribution < 1.29 is 4.39 Å². The predicted octanol–water partition coefficient (Wildman–Crippen LogP) is 5.84. The molecule has 31 heavy (non-hydrogen) atoms. The molecule has 0 saturated carbocycles. The molecule has 0 radical (unpaired) electrons. The summed E-state index contributed by atoms with van der Waals surface area (Å²) in [7, 11) is 0. The summed E-state index contributed by atoms with van der Waals surface area (Å²) in [6.07, 6.45) is 0. The summed E-state index contributed by atoms with van der Waals surface area (Å²) in [6, 6.07) is 15.9. The van der Waals surface area contributed by atoms with E-state index in [0.29, 0.717) is 35.8 Å². The van der Waals surface area contributed by atoms with E-state index in [0.717, 1.165) is 39.2 Å². The van der Waals surface area contributed by atoms with Gasteiger partial charge in [0.15, 0.2) is 0 Å². The molecule has 0 fully saturated rings. The zero-order valence-electron chi connectivity index (χ0n) is 18.0. The largest absolute Gasteiger partial charge is 0.354 e. The van der Waals surface area contributed by atoms with Crippen LogP contribution in [0.3, 0.4) is 0 Å². The second kappa shape index (κ2) is 8.69. The van der Waals surface area contributed by atoms with Crippen molar-refractivity contribution in [3.8, 4) is 11.1 Å². The number of halogens is 2. The SMILES string of the molecule is Cc1ccccc1-c1cc(Cl)cc2c1nc(NCCN)n2Cc1cc(C)c(F)c(C)c1. The van der Waals surface area contributed by atoms with Crippen LogP contribution in [0.2, 0.25) is 5.02 Å². The minimum absolute atomic E-state index is 0.161. The molecule has 0 aliphatic rings. The highest BCUT2D eigenvalue weighted by Crippen LogP contribution is 2.35. The molecule has 0 spiro atoms. The van der Waals surface area contributed by atoms with Gasteiger partial charge in [-0.2, -0.15) is 0 Å². The number of nitrogens with zero attached hydrogens (tertiary/aromatic N) is 2. The quantitative estimate of drug-likeness (QED) is 0.399. The molecule has 4 rings (SSSR count). The number of imidazole rings is 1. The molecule has 4 aromatic rings. The van der Waals surface area contributed by atoms with E-state index < -0.39 is 0 Å². The van der Waals surface area contributed by atoms with Crippen molar-refractivity contribution in [3.63, 3.8) is 0 Å². The van der Waals surface area contributed by atoms with Crippen LogP contribution in [0.25, 0.3) is 22.2 Å². The van der Waals surface area contributed by atoms with Gasteiger partial charge < -0.3 is 15.6 Å². The lowest BCUT2D eigenvalue weighted by molar-refractivity contribution is 0.607. The summed E-state index contributed by atoms with van der Waals surface area (Å²) >= 11 is 6.55. The maximum Gasteiger partial charge on any atom is 0.204 e. The monoisotopic (exact) mass is 436 g/mol. The third-order valence-corrected chi connectivity index (χ3v) is 5.74. The van der Waals surface area contributed by atoms with Gasteiger partial charge >= 0.3 is 0 Å². The average molecular weight is 437 g/mol. The Morgan fingerprint density at radius 2 is 1.71 bits per heavy atom. The van der Waals surface area contributed by atoms with E-state index in [1.54, 1.807) is 13.8 Å². The smallest absolute Gasteiger partial charge is 0.204 e. The van der Waals surface area contributed by atoms with Crippen LogP contribution < -0.4 is 11.1 Å². The number of aromatic nitrogens is 2. The van der Waals surface area contributed by atoms with Crippen molar-refractivity contribution in [2.45, 2.75) is 27.3 Å². The number of nitrogens with two attached hydrogens (primary N) is 1. The Balaban J connectivity index is 1.92. The normalized spacial score (nSPS) is 11.3. The minimum Gasteiger partial charge on any atom is -0.354 e. The van der Waals surface area contributed by atoms with E-state index in [-0.39, 0.29) is 5.82 Å². The fourth-order valence-corrected chi connectivity index (χ4v) is 4.27. The third-order valence-electron chi connectivity index (χ3n) is 5.52. The molecule has 160 valence electrons. The van der Waals surface area contributed by atoms with Crippen LogP contribution in [0.4, 0.5) is 10.3 Å². The molecule has 0 amide bonds. The molecule has 1 heterocycles. The summed E-state index contributed by atoms with van der Waals surface area (Å²) in [5.74, 6) is 0.558. The maximum atomic E-state index is 14.2. The third kappa shape index (κ3) is 4.16. The molecule has 3 aromatic carbocycles. The van der Waals surface area contributed by atoms with Crippen molar-refractivity contribution in [1.29, 1.82) is 0 Å². The van der Waals surface area contributed by atoms with Crippen molar-refractivity contribution in [2.75, 3.05) is 18.4 Å². The Hall–Kier alpha value is -2.89. The second-order valence-electron chi connectivity index (χ2n) is 7.92. The molecule has 0 aliphatic heterocycles. The van der Waals surface area contributed by atoms with Crippen LogP contribution in [0.5, 0.6) is 0 Å². The van der Waals surface area contributed by atoms with E-state index in [1.165, 1.54) is 0 Å². The van der Waals surface area contributed by atoms with Gasteiger partial charge in [-0.15, -0.1) is 0 Å². The Bertz CT molecular complexity index is 1240. The van der Waals surface area contributed by atoms with Gasteiger partial charge in [0.05, 0.1) is 17.6 Å².